The van der Waals surface area contributed by atoms with Crippen LogP contribution in [0.25, 0.3) is 22.2 Å². The number of halogens is 2. The first kappa shape index (κ1) is 27.0. The Hall–Kier alpha value is -3.05. The number of benzene rings is 3. The zero-order chi connectivity index (χ0) is 26.5. The number of methoxy groups -OCH3 is 3. The minimum absolute atomic E-state index is 0.222. The van der Waals surface area contributed by atoms with E-state index in [2.05, 4.69) is 0 Å². The van der Waals surface area contributed by atoms with Gasteiger partial charge in [0.15, 0.2) is 0 Å². The predicted molar refractivity (Wildman–Crippen MR) is 146 cm³/mol. The number of fused-ring (bicyclic) bond motifs is 1. The fourth-order valence-electron chi connectivity index (χ4n) is 3.99. The van der Waals surface area contributed by atoms with Crippen LogP contribution in [0.1, 0.15) is 15.9 Å². The van der Waals surface area contributed by atoms with E-state index in [1.807, 2.05) is 48.5 Å². The van der Waals surface area contributed by atoms with Crippen molar-refractivity contribution in [1.29, 1.82) is 0 Å². The van der Waals surface area contributed by atoms with Gasteiger partial charge in [0.25, 0.3) is 0 Å². The van der Waals surface area contributed by atoms with Crippen LogP contribution in [0.5, 0.6) is 11.5 Å². The Labute approximate surface area is 231 Å². The van der Waals surface area contributed by atoms with Crippen molar-refractivity contribution in [2.45, 2.75) is 11.1 Å². The van der Waals surface area contributed by atoms with Crippen molar-refractivity contribution >= 4 is 60.4 Å². The molecule has 4 aromatic rings. The zero-order valence-electron chi connectivity index (χ0n) is 20.3. The average molecular weight is 599 g/mol. The predicted octanol–water partition coefficient (Wildman–Crippen LogP) is 6.27. The first-order valence-corrected chi connectivity index (χ1v) is 14.0. The number of ether oxygens (including phenoxy) is 3. The van der Waals surface area contributed by atoms with E-state index in [1.165, 1.54) is 7.11 Å². The van der Waals surface area contributed by atoms with Crippen molar-refractivity contribution in [2.24, 2.45) is 0 Å². The summed E-state index contributed by atoms with van der Waals surface area (Å²) in [4.78, 5) is 30.4. The van der Waals surface area contributed by atoms with Crippen LogP contribution in [0.4, 0.5) is 0 Å². The normalized spacial score (nSPS) is 12.0. The van der Waals surface area contributed by atoms with Crippen molar-refractivity contribution in [2.75, 3.05) is 21.3 Å². The summed E-state index contributed by atoms with van der Waals surface area (Å²) in [5, 5.41) is 1.45. The summed E-state index contributed by atoms with van der Waals surface area (Å²) >= 11 is 11.3. The summed E-state index contributed by atoms with van der Waals surface area (Å²) in [6.07, 6.45) is 0.346. The van der Waals surface area contributed by atoms with E-state index in [0.717, 1.165) is 22.0 Å². The summed E-state index contributed by atoms with van der Waals surface area (Å²) in [6.45, 7) is 0. The van der Waals surface area contributed by atoms with Crippen LogP contribution in [0.3, 0.4) is 0 Å². The second kappa shape index (κ2) is 12.0. The molecule has 3 aromatic carbocycles. The van der Waals surface area contributed by atoms with Gasteiger partial charge in [0.05, 0.1) is 0 Å². The maximum atomic E-state index is 13.0. The van der Waals surface area contributed by atoms with Crippen LogP contribution in [-0.2, 0) is 16.0 Å². The van der Waals surface area contributed by atoms with Crippen LogP contribution >= 0.6 is 23.2 Å². The number of carbonyl (C=O) groups is 2. The van der Waals surface area contributed by atoms with E-state index in [1.54, 1.807) is 32.4 Å². The van der Waals surface area contributed by atoms with Gasteiger partial charge in [-0.25, -0.2) is 0 Å². The van der Waals surface area contributed by atoms with Gasteiger partial charge in [-0.2, -0.15) is 0 Å². The number of esters is 1. The number of pyridine rings is 1. The maximum absolute atomic E-state index is 13.0. The Bertz CT molecular complexity index is 1430. The number of hydrogen-bond acceptors (Lipinski definition) is 6. The van der Waals surface area contributed by atoms with E-state index in [0.29, 0.717) is 23.6 Å². The molecule has 0 fully saturated rings. The van der Waals surface area contributed by atoms with Crippen molar-refractivity contribution in [3.05, 3.63) is 87.9 Å². The van der Waals surface area contributed by atoms with Gasteiger partial charge in [-0.05, 0) is 0 Å². The second-order valence-corrected chi connectivity index (χ2v) is 11.6. The molecule has 0 saturated heterocycles. The Morgan fingerprint density at radius 2 is 1.54 bits per heavy atom. The third-order valence-electron chi connectivity index (χ3n) is 5.79. The molecule has 0 aliphatic rings. The van der Waals surface area contributed by atoms with E-state index in [4.69, 9.17) is 42.4 Å². The second-order valence-electron chi connectivity index (χ2n) is 8.04. The monoisotopic (exact) mass is 598 g/mol. The molecule has 0 aliphatic heterocycles. The molecule has 0 amide bonds. The molecule has 1 radical (unpaired) electrons. The van der Waals surface area contributed by atoms with Crippen molar-refractivity contribution < 1.29 is 23.8 Å². The molecule has 0 saturated carbocycles. The molecule has 1 unspecified atom stereocenters. The minimum atomic E-state index is -1.13. The Morgan fingerprint density at radius 3 is 2.16 bits per heavy atom. The van der Waals surface area contributed by atoms with E-state index >= 15 is 0 Å². The van der Waals surface area contributed by atoms with Gasteiger partial charge >= 0.3 is 232 Å². The number of aromatic nitrogens is 1. The number of rotatable bonds is 9. The molecule has 0 bridgehead atoms. The standard InChI is InChI=1S/C28H23AsCl2NO5/c1-35-23-8-5-9-24(36-2)26(23)22-13-11-17-14-16(10-12-21(17)32-22)15-18(28(34)37-3)29-27(33)25-19(30)6-4-7-20(25)31/h4-14,18H,15H2,1-3H3. The molecule has 1 atom stereocenters. The Morgan fingerprint density at radius 1 is 0.892 bits per heavy atom. The third kappa shape index (κ3) is 5.93. The van der Waals surface area contributed by atoms with Gasteiger partial charge < -0.3 is 0 Å². The zero-order valence-corrected chi connectivity index (χ0v) is 23.7. The van der Waals surface area contributed by atoms with Crippen LogP contribution in [0.2, 0.25) is 14.8 Å². The van der Waals surface area contributed by atoms with Crippen molar-refractivity contribution in [1.82, 2.24) is 4.98 Å². The van der Waals surface area contributed by atoms with Gasteiger partial charge in [0, 0.05) is 0 Å². The van der Waals surface area contributed by atoms with Crippen LogP contribution in [0.15, 0.2) is 66.7 Å². The van der Waals surface area contributed by atoms with Gasteiger partial charge in [-0.1, -0.05) is 0 Å². The van der Waals surface area contributed by atoms with Gasteiger partial charge in [-0.3, -0.25) is 0 Å². The molecule has 6 nitrogen and oxygen atoms in total. The average Bonchev–Trinajstić information content (AvgIpc) is 2.91. The Balaban J connectivity index is 1.62. The molecule has 0 spiro atoms. The quantitative estimate of drug-likeness (QED) is 0.167. The first-order valence-electron chi connectivity index (χ1n) is 11.2. The molecule has 9 heteroatoms. The first-order chi connectivity index (χ1) is 17.9. The fourth-order valence-corrected chi connectivity index (χ4v) is 7.30. The van der Waals surface area contributed by atoms with Crippen LogP contribution < -0.4 is 9.47 Å². The summed E-state index contributed by atoms with van der Waals surface area (Å²) in [5.74, 6) is 0.888. The molecule has 1 aromatic heterocycles. The molecular formula is C28H23AsCl2NO5. The van der Waals surface area contributed by atoms with Crippen LogP contribution in [0, 0.1) is 0 Å². The van der Waals surface area contributed by atoms with E-state index in [9.17, 15) is 9.59 Å². The molecule has 0 N–H and O–H groups in total. The third-order valence-corrected chi connectivity index (χ3v) is 8.86. The van der Waals surface area contributed by atoms with Crippen molar-refractivity contribution in [3.63, 3.8) is 0 Å². The van der Waals surface area contributed by atoms with Gasteiger partial charge in [-0.15, -0.1) is 0 Å². The van der Waals surface area contributed by atoms with Crippen molar-refractivity contribution in [3.8, 4) is 22.8 Å². The molecule has 0 aliphatic carbocycles. The number of hydrogen-bond donors (Lipinski definition) is 0. The molecule has 1 heterocycles. The van der Waals surface area contributed by atoms with Gasteiger partial charge in [0.2, 0.25) is 0 Å². The van der Waals surface area contributed by atoms with E-state index in [-0.39, 0.29) is 20.2 Å². The fraction of sp³-hybridized carbons (Fsp3) is 0.179. The molecule has 189 valence electrons. The number of nitrogens with zero attached hydrogens (tertiary/aromatic N) is 1. The Kier molecular flexibility index (Phi) is 8.75. The van der Waals surface area contributed by atoms with E-state index < -0.39 is 26.4 Å². The molecular weight excluding hydrogens is 576 g/mol. The summed E-state index contributed by atoms with van der Waals surface area (Å²) in [6, 6.07) is 20.1. The molecule has 4 rings (SSSR count). The SMILES string of the molecule is COC(=O)C(Cc1ccc2nc(-c3c(OC)cccc3OC)ccc2c1)[As]C(=O)c1c(Cl)cccc1Cl. The summed E-state index contributed by atoms with van der Waals surface area (Å²) in [5.41, 5.74) is 3.40. The molecule has 37 heavy (non-hydrogen) atoms. The van der Waals surface area contributed by atoms with Crippen LogP contribution in [-0.4, -0.2) is 52.6 Å². The van der Waals surface area contributed by atoms with Gasteiger partial charge in [0.1, 0.15) is 0 Å². The summed E-state index contributed by atoms with van der Waals surface area (Å²) < 4.78 is 15.2. The summed E-state index contributed by atoms with van der Waals surface area (Å²) in [7, 11) is 4.54. The topological polar surface area (TPSA) is 74.7 Å². The number of carbonyl (C=O) groups excluding carboxylic acids is 2.